The maximum atomic E-state index is 13.4. The van der Waals surface area contributed by atoms with Crippen molar-refractivity contribution in [1.82, 2.24) is 4.90 Å². The van der Waals surface area contributed by atoms with Gasteiger partial charge in [0, 0.05) is 13.1 Å². The first-order valence-corrected chi connectivity index (χ1v) is 6.46. The van der Waals surface area contributed by atoms with E-state index in [9.17, 15) is 26.7 Å². The Morgan fingerprint density at radius 1 is 0.857 bits per heavy atom. The smallest absolute Gasteiger partial charge is 0.241 e. The first-order valence-electron chi connectivity index (χ1n) is 6.46. The lowest BCUT2D eigenvalue weighted by molar-refractivity contribution is -0.130. The number of anilines is 1. The van der Waals surface area contributed by atoms with Crippen LogP contribution in [0.3, 0.4) is 0 Å². The number of halogens is 5. The van der Waals surface area contributed by atoms with Gasteiger partial charge in [0.15, 0.2) is 23.3 Å². The van der Waals surface area contributed by atoms with E-state index in [1.807, 2.05) is 5.32 Å². The molecule has 3 nitrogen and oxygen atoms in total. The zero-order chi connectivity index (χ0) is 15.6. The summed E-state index contributed by atoms with van der Waals surface area (Å²) in [6.07, 6.45) is 2.65. The fourth-order valence-corrected chi connectivity index (χ4v) is 2.18. The van der Waals surface area contributed by atoms with Crippen LogP contribution >= 0.6 is 0 Å². The number of nitrogens with one attached hydrogen (secondary N) is 1. The van der Waals surface area contributed by atoms with Crippen LogP contribution in [0.5, 0.6) is 0 Å². The molecule has 21 heavy (non-hydrogen) atoms. The number of hydrogen-bond donors (Lipinski definition) is 1. The Bertz CT molecular complexity index is 529. The molecule has 1 aromatic rings. The first-order chi connectivity index (χ1) is 9.93. The van der Waals surface area contributed by atoms with E-state index >= 15 is 0 Å². The summed E-state index contributed by atoms with van der Waals surface area (Å²) in [5.41, 5.74) is -1.18. The highest BCUT2D eigenvalue weighted by Gasteiger charge is 2.26. The zero-order valence-corrected chi connectivity index (χ0v) is 11.0. The molecule has 0 aliphatic carbocycles. The van der Waals surface area contributed by atoms with Gasteiger partial charge in [0.25, 0.3) is 0 Å². The average molecular weight is 308 g/mol. The lowest BCUT2D eigenvalue weighted by Crippen LogP contribution is -2.39. The molecule has 8 heteroatoms. The Labute approximate surface area is 117 Å². The third-order valence-corrected chi connectivity index (χ3v) is 3.33. The quantitative estimate of drug-likeness (QED) is 0.529. The minimum Gasteiger partial charge on any atom is -0.371 e. The average Bonchev–Trinajstić information content (AvgIpc) is 2.51. The molecule has 0 unspecified atom stereocenters. The van der Waals surface area contributed by atoms with Crippen molar-refractivity contribution in [3.63, 3.8) is 0 Å². The monoisotopic (exact) mass is 308 g/mol. The number of benzene rings is 1. The first kappa shape index (κ1) is 15.5. The van der Waals surface area contributed by atoms with Gasteiger partial charge in [-0.25, -0.2) is 22.0 Å². The zero-order valence-electron chi connectivity index (χ0n) is 11.0. The van der Waals surface area contributed by atoms with Gasteiger partial charge in [0.1, 0.15) is 5.69 Å². The molecular formula is C13H13F5N2O. The number of rotatable bonds is 3. The normalized spacial score (nSPS) is 15.2. The summed E-state index contributed by atoms with van der Waals surface area (Å²) in [6, 6.07) is 0. The minimum absolute atomic E-state index is 0.446. The van der Waals surface area contributed by atoms with Crippen molar-refractivity contribution in [3.8, 4) is 0 Å². The van der Waals surface area contributed by atoms with E-state index in [1.165, 1.54) is 4.90 Å². The Morgan fingerprint density at radius 2 is 1.33 bits per heavy atom. The van der Waals surface area contributed by atoms with Gasteiger partial charge < -0.3 is 10.2 Å². The predicted octanol–water partition coefficient (Wildman–Crippen LogP) is 2.81. The lowest BCUT2D eigenvalue weighted by atomic mass is 10.1. The molecule has 0 saturated carbocycles. The van der Waals surface area contributed by atoms with E-state index in [-0.39, 0.29) is 0 Å². The molecule has 1 aliphatic rings. The number of amides is 1. The van der Waals surface area contributed by atoms with Crippen molar-refractivity contribution < 1.29 is 26.7 Å². The molecule has 116 valence electrons. The largest absolute Gasteiger partial charge is 0.371 e. The molecule has 0 aromatic heterocycles. The minimum atomic E-state index is -2.22. The van der Waals surface area contributed by atoms with Crippen molar-refractivity contribution in [2.45, 2.75) is 19.3 Å². The predicted molar refractivity (Wildman–Crippen MR) is 65.2 cm³/mol. The van der Waals surface area contributed by atoms with Gasteiger partial charge >= 0.3 is 0 Å². The van der Waals surface area contributed by atoms with E-state index in [2.05, 4.69) is 0 Å². The highest BCUT2D eigenvalue weighted by atomic mass is 19.2. The Morgan fingerprint density at radius 3 is 1.86 bits per heavy atom. The molecular weight excluding hydrogens is 295 g/mol. The molecule has 2 rings (SSSR count). The number of carbonyl (C=O) groups is 1. The molecule has 0 radical (unpaired) electrons. The maximum absolute atomic E-state index is 13.4. The van der Waals surface area contributed by atoms with Crippen LogP contribution in [0.4, 0.5) is 27.6 Å². The summed E-state index contributed by atoms with van der Waals surface area (Å²) in [4.78, 5) is 13.3. The van der Waals surface area contributed by atoms with Gasteiger partial charge in [-0.15, -0.1) is 0 Å². The maximum Gasteiger partial charge on any atom is 0.241 e. The van der Waals surface area contributed by atoms with Crippen molar-refractivity contribution >= 4 is 11.6 Å². The number of carbonyl (C=O) groups excluding carboxylic acids is 1. The topological polar surface area (TPSA) is 32.3 Å². The molecule has 1 heterocycles. The van der Waals surface area contributed by atoms with Crippen LogP contribution in [-0.2, 0) is 4.79 Å². The van der Waals surface area contributed by atoms with E-state index in [0.29, 0.717) is 13.1 Å². The Kier molecular flexibility index (Phi) is 4.64. The van der Waals surface area contributed by atoms with E-state index in [4.69, 9.17) is 0 Å². The second-order valence-electron chi connectivity index (χ2n) is 4.74. The standard InChI is InChI=1S/C13H13F5N2O/c14-8-9(15)11(17)13(12(18)10(8)16)19-6-7(21)20-4-2-1-3-5-20/h19H,1-6H2. The summed E-state index contributed by atoms with van der Waals surface area (Å²) in [5.74, 6) is -10.7. The number of hydrogen-bond acceptors (Lipinski definition) is 2. The lowest BCUT2D eigenvalue weighted by Gasteiger charge is -2.27. The van der Waals surface area contributed by atoms with Crippen LogP contribution in [0.1, 0.15) is 19.3 Å². The molecule has 1 aromatic carbocycles. The van der Waals surface area contributed by atoms with Crippen molar-refractivity contribution in [2.75, 3.05) is 25.0 Å². The highest BCUT2D eigenvalue weighted by Crippen LogP contribution is 2.27. The second kappa shape index (κ2) is 6.28. The number of piperidine rings is 1. The molecule has 0 spiro atoms. The fourth-order valence-electron chi connectivity index (χ4n) is 2.18. The van der Waals surface area contributed by atoms with E-state index in [1.54, 1.807) is 0 Å². The molecule has 1 aliphatic heterocycles. The van der Waals surface area contributed by atoms with Crippen LogP contribution in [0.2, 0.25) is 0 Å². The number of likely N-dealkylation sites (tertiary alicyclic amines) is 1. The SMILES string of the molecule is O=C(CNc1c(F)c(F)c(F)c(F)c1F)N1CCCCC1. The highest BCUT2D eigenvalue weighted by molar-refractivity contribution is 5.81. The van der Waals surface area contributed by atoms with Gasteiger partial charge in [-0.2, -0.15) is 0 Å². The van der Waals surface area contributed by atoms with Gasteiger partial charge in [0.05, 0.1) is 6.54 Å². The fraction of sp³-hybridized carbons (Fsp3) is 0.462. The summed E-state index contributed by atoms with van der Waals surface area (Å²) in [6.45, 7) is 0.521. The third-order valence-electron chi connectivity index (χ3n) is 3.33. The van der Waals surface area contributed by atoms with Crippen LogP contribution in [-0.4, -0.2) is 30.4 Å². The molecule has 0 bridgehead atoms. The Hall–Kier alpha value is -1.86. The summed E-state index contributed by atoms with van der Waals surface area (Å²) >= 11 is 0. The van der Waals surface area contributed by atoms with Crippen molar-refractivity contribution in [3.05, 3.63) is 29.1 Å². The number of nitrogens with zero attached hydrogens (tertiary/aromatic N) is 1. The Balaban J connectivity index is 2.11. The van der Waals surface area contributed by atoms with E-state index in [0.717, 1.165) is 19.3 Å². The van der Waals surface area contributed by atoms with E-state index < -0.39 is 47.2 Å². The second-order valence-corrected chi connectivity index (χ2v) is 4.74. The van der Waals surface area contributed by atoms with Crippen LogP contribution < -0.4 is 5.32 Å². The van der Waals surface area contributed by atoms with Crippen LogP contribution in [0, 0.1) is 29.1 Å². The molecule has 0 atom stereocenters. The van der Waals surface area contributed by atoms with Gasteiger partial charge in [-0.1, -0.05) is 0 Å². The van der Waals surface area contributed by atoms with Gasteiger partial charge in [-0.3, -0.25) is 4.79 Å². The summed E-state index contributed by atoms with van der Waals surface area (Å²) < 4.78 is 65.6. The summed E-state index contributed by atoms with van der Waals surface area (Å²) in [7, 11) is 0. The van der Waals surface area contributed by atoms with Crippen molar-refractivity contribution in [2.24, 2.45) is 0 Å². The van der Waals surface area contributed by atoms with Gasteiger partial charge in [-0.05, 0) is 19.3 Å². The van der Waals surface area contributed by atoms with Gasteiger partial charge in [0.2, 0.25) is 11.7 Å². The molecule has 1 saturated heterocycles. The molecule has 1 N–H and O–H groups in total. The third kappa shape index (κ3) is 3.08. The molecule has 1 fully saturated rings. The van der Waals surface area contributed by atoms with Crippen molar-refractivity contribution in [1.29, 1.82) is 0 Å². The van der Waals surface area contributed by atoms with Crippen LogP contribution in [0.25, 0.3) is 0 Å². The van der Waals surface area contributed by atoms with Crippen LogP contribution in [0.15, 0.2) is 0 Å². The summed E-state index contributed by atoms with van der Waals surface area (Å²) in [5, 5.41) is 2.00. The molecule has 1 amide bonds.